The number of aryl methyl sites for hydroxylation is 1. The zero-order chi connectivity index (χ0) is 16.3. The molecule has 0 N–H and O–H groups in total. The molecule has 1 saturated carbocycles. The summed E-state index contributed by atoms with van der Waals surface area (Å²) >= 11 is 5.94. The summed E-state index contributed by atoms with van der Waals surface area (Å²) in [6.45, 7) is 1.82. The van der Waals surface area contributed by atoms with Crippen molar-refractivity contribution in [2.45, 2.75) is 44.7 Å². The van der Waals surface area contributed by atoms with Gasteiger partial charge in [0, 0.05) is 29.8 Å². The third kappa shape index (κ3) is 5.29. The number of sulfone groups is 1. The summed E-state index contributed by atoms with van der Waals surface area (Å²) in [4.78, 5) is 14.3. The highest BCUT2D eigenvalue weighted by Gasteiger charge is 2.36. The maximum Gasteiger partial charge on any atom is 0.223 e. The van der Waals surface area contributed by atoms with Crippen LogP contribution in [0.2, 0.25) is 5.02 Å². The molecular weight excluding hydrogens is 322 g/mol. The van der Waals surface area contributed by atoms with E-state index in [9.17, 15) is 13.2 Å². The lowest BCUT2D eigenvalue weighted by atomic mass is 10.1. The average molecular weight is 344 g/mol. The van der Waals surface area contributed by atoms with Crippen molar-refractivity contribution in [2.24, 2.45) is 0 Å². The summed E-state index contributed by atoms with van der Waals surface area (Å²) < 4.78 is 23.0. The van der Waals surface area contributed by atoms with Crippen LogP contribution in [0.4, 0.5) is 0 Å². The van der Waals surface area contributed by atoms with E-state index in [-0.39, 0.29) is 23.7 Å². The van der Waals surface area contributed by atoms with Crippen molar-refractivity contribution in [3.8, 4) is 0 Å². The van der Waals surface area contributed by atoms with E-state index in [4.69, 9.17) is 11.6 Å². The molecule has 0 radical (unpaired) electrons. The van der Waals surface area contributed by atoms with E-state index in [1.165, 1.54) is 6.26 Å². The third-order valence-electron chi connectivity index (χ3n) is 3.76. The Bertz CT molecular complexity index is 641. The molecule has 1 aliphatic carbocycles. The molecule has 0 aliphatic heterocycles. The van der Waals surface area contributed by atoms with Crippen LogP contribution in [0.3, 0.4) is 0 Å². The van der Waals surface area contributed by atoms with Gasteiger partial charge in [-0.15, -0.1) is 0 Å². The predicted molar refractivity (Wildman–Crippen MR) is 88.8 cm³/mol. The zero-order valence-electron chi connectivity index (χ0n) is 13.0. The topological polar surface area (TPSA) is 54.5 Å². The van der Waals surface area contributed by atoms with Gasteiger partial charge in [0.25, 0.3) is 0 Å². The van der Waals surface area contributed by atoms with Crippen LogP contribution in [0, 0.1) is 0 Å². The third-order valence-corrected chi connectivity index (χ3v) is 5.09. The Balaban J connectivity index is 1.98. The van der Waals surface area contributed by atoms with Crippen LogP contribution in [0.25, 0.3) is 0 Å². The lowest BCUT2D eigenvalue weighted by molar-refractivity contribution is -0.133. The van der Waals surface area contributed by atoms with Crippen molar-refractivity contribution in [1.82, 2.24) is 4.90 Å². The molecule has 1 aliphatic rings. The maximum absolute atomic E-state index is 12.5. The fourth-order valence-corrected chi connectivity index (χ4v) is 4.00. The molecule has 2 rings (SSSR count). The molecule has 1 unspecified atom stereocenters. The molecule has 22 heavy (non-hydrogen) atoms. The van der Waals surface area contributed by atoms with E-state index in [0.29, 0.717) is 17.9 Å². The molecular formula is C16H22ClNO3S. The molecule has 1 fully saturated rings. The summed E-state index contributed by atoms with van der Waals surface area (Å²) in [6, 6.07) is 7.42. The van der Waals surface area contributed by atoms with Gasteiger partial charge in [0.15, 0.2) is 0 Å². The normalized spacial score (nSPS) is 16.3. The highest BCUT2D eigenvalue weighted by molar-refractivity contribution is 7.90. The van der Waals surface area contributed by atoms with Crippen molar-refractivity contribution >= 4 is 27.3 Å². The number of rotatable bonds is 7. The van der Waals surface area contributed by atoms with Crippen LogP contribution in [0.5, 0.6) is 0 Å². The first-order valence-electron chi connectivity index (χ1n) is 7.49. The number of benzene rings is 1. The second kappa shape index (κ2) is 7.01. The Morgan fingerprint density at radius 3 is 2.64 bits per heavy atom. The van der Waals surface area contributed by atoms with Crippen LogP contribution >= 0.6 is 11.6 Å². The lowest BCUT2D eigenvalue weighted by Gasteiger charge is -2.29. The van der Waals surface area contributed by atoms with Crippen LogP contribution in [-0.2, 0) is 21.1 Å². The first-order chi connectivity index (χ1) is 10.3. The van der Waals surface area contributed by atoms with Gasteiger partial charge in [-0.05, 0) is 43.9 Å². The van der Waals surface area contributed by atoms with Gasteiger partial charge in [-0.3, -0.25) is 4.79 Å². The molecule has 0 spiro atoms. The second-order valence-corrected chi connectivity index (χ2v) is 8.72. The van der Waals surface area contributed by atoms with Crippen LogP contribution in [0.15, 0.2) is 24.3 Å². The SMILES string of the molecule is CC(CS(C)(=O)=O)N(C(=O)CCc1cccc(Cl)c1)C1CC1. The molecule has 4 nitrogen and oxygen atoms in total. The van der Waals surface area contributed by atoms with Gasteiger partial charge in [0.2, 0.25) is 5.91 Å². The Morgan fingerprint density at radius 2 is 2.09 bits per heavy atom. The molecule has 0 saturated heterocycles. The van der Waals surface area contributed by atoms with Gasteiger partial charge in [0.05, 0.1) is 5.75 Å². The summed E-state index contributed by atoms with van der Waals surface area (Å²) in [5.41, 5.74) is 1.02. The predicted octanol–water partition coefficient (Wildman–Crippen LogP) is 2.70. The Hall–Kier alpha value is -1.07. The number of hydrogen-bond donors (Lipinski definition) is 0. The molecule has 1 aromatic carbocycles. The first kappa shape index (κ1) is 17.3. The number of amides is 1. The van der Waals surface area contributed by atoms with Crippen molar-refractivity contribution in [2.75, 3.05) is 12.0 Å². The fraction of sp³-hybridized carbons (Fsp3) is 0.562. The Kier molecular flexibility index (Phi) is 5.50. The average Bonchev–Trinajstić information content (AvgIpc) is 3.19. The highest BCUT2D eigenvalue weighted by atomic mass is 35.5. The van der Waals surface area contributed by atoms with E-state index < -0.39 is 9.84 Å². The number of nitrogens with zero attached hydrogens (tertiary/aromatic N) is 1. The molecule has 122 valence electrons. The van der Waals surface area contributed by atoms with Gasteiger partial charge >= 0.3 is 0 Å². The molecule has 1 aromatic rings. The summed E-state index contributed by atoms with van der Waals surface area (Å²) in [5, 5.41) is 0.662. The van der Waals surface area contributed by atoms with Crippen molar-refractivity contribution in [3.05, 3.63) is 34.9 Å². The summed E-state index contributed by atoms with van der Waals surface area (Å²) in [5.74, 6) is 0.0467. The molecule has 0 aromatic heterocycles. The van der Waals surface area contributed by atoms with Crippen LogP contribution < -0.4 is 0 Å². The van der Waals surface area contributed by atoms with E-state index in [2.05, 4.69) is 0 Å². The quantitative estimate of drug-likeness (QED) is 0.764. The minimum Gasteiger partial charge on any atom is -0.336 e. The number of hydrogen-bond acceptors (Lipinski definition) is 3. The second-order valence-electron chi connectivity index (χ2n) is 6.10. The van der Waals surface area contributed by atoms with Gasteiger partial charge in [-0.1, -0.05) is 23.7 Å². The number of carbonyl (C=O) groups is 1. The van der Waals surface area contributed by atoms with Crippen molar-refractivity contribution < 1.29 is 13.2 Å². The monoisotopic (exact) mass is 343 g/mol. The minimum atomic E-state index is -3.09. The summed E-state index contributed by atoms with van der Waals surface area (Å²) in [6.07, 6.45) is 4.15. The van der Waals surface area contributed by atoms with Gasteiger partial charge in [-0.2, -0.15) is 0 Å². The van der Waals surface area contributed by atoms with Gasteiger partial charge < -0.3 is 4.90 Å². The van der Waals surface area contributed by atoms with Crippen molar-refractivity contribution in [1.29, 1.82) is 0 Å². The van der Waals surface area contributed by atoms with E-state index in [1.54, 1.807) is 11.0 Å². The lowest BCUT2D eigenvalue weighted by Crippen LogP contribution is -2.43. The molecule has 0 bridgehead atoms. The molecule has 1 atom stereocenters. The van der Waals surface area contributed by atoms with E-state index in [1.807, 2.05) is 25.1 Å². The molecule has 0 heterocycles. The maximum atomic E-state index is 12.5. The van der Waals surface area contributed by atoms with E-state index in [0.717, 1.165) is 18.4 Å². The zero-order valence-corrected chi connectivity index (χ0v) is 14.5. The van der Waals surface area contributed by atoms with Crippen LogP contribution in [-0.4, -0.2) is 43.3 Å². The van der Waals surface area contributed by atoms with Crippen LogP contribution in [0.1, 0.15) is 31.7 Å². The van der Waals surface area contributed by atoms with Gasteiger partial charge in [0.1, 0.15) is 9.84 Å². The standard InChI is InChI=1S/C16H22ClNO3S/c1-12(11-22(2,20)21)18(15-7-8-15)16(19)9-6-13-4-3-5-14(17)10-13/h3-5,10,12,15H,6-9,11H2,1-2H3. The fourth-order valence-electron chi connectivity index (χ4n) is 2.75. The van der Waals surface area contributed by atoms with Gasteiger partial charge in [-0.25, -0.2) is 8.42 Å². The number of carbonyl (C=O) groups excluding carboxylic acids is 1. The number of halogens is 1. The minimum absolute atomic E-state index is 0.0202. The Labute approximate surface area is 137 Å². The highest BCUT2D eigenvalue weighted by Crippen LogP contribution is 2.30. The summed E-state index contributed by atoms with van der Waals surface area (Å²) in [7, 11) is -3.09. The Morgan fingerprint density at radius 1 is 1.41 bits per heavy atom. The van der Waals surface area contributed by atoms with E-state index >= 15 is 0 Å². The largest absolute Gasteiger partial charge is 0.336 e. The molecule has 6 heteroatoms. The smallest absolute Gasteiger partial charge is 0.223 e. The molecule has 1 amide bonds. The first-order valence-corrected chi connectivity index (χ1v) is 9.93. The van der Waals surface area contributed by atoms with Crippen molar-refractivity contribution in [3.63, 3.8) is 0 Å².